The van der Waals surface area contributed by atoms with Crippen LogP contribution in [-0.4, -0.2) is 49.8 Å². The van der Waals surface area contributed by atoms with Crippen LogP contribution in [0.5, 0.6) is 5.75 Å². The first-order chi connectivity index (χ1) is 12.9. The molecule has 3 rings (SSSR count). The van der Waals surface area contributed by atoms with Gasteiger partial charge < -0.3 is 14.7 Å². The third kappa shape index (κ3) is 3.90. The summed E-state index contributed by atoms with van der Waals surface area (Å²) in [5.41, 5.74) is 2.60. The molecule has 1 fully saturated rings. The van der Waals surface area contributed by atoms with Crippen molar-refractivity contribution in [2.75, 3.05) is 32.6 Å². The van der Waals surface area contributed by atoms with E-state index in [1.807, 2.05) is 48.2 Å². The predicted molar refractivity (Wildman–Crippen MR) is 103 cm³/mol. The number of ether oxygens (including phenoxy) is 1. The van der Waals surface area contributed by atoms with Crippen molar-refractivity contribution in [3.63, 3.8) is 0 Å². The molecule has 1 saturated heterocycles. The summed E-state index contributed by atoms with van der Waals surface area (Å²) in [6.45, 7) is 0.636. The summed E-state index contributed by atoms with van der Waals surface area (Å²) < 4.78 is 19.5. The van der Waals surface area contributed by atoms with Crippen LogP contribution in [0.2, 0.25) is 0 Å². The van der Waals surface area contributed by atoms with Crippen molar-refractivity contribution in [3.05, 3.63) is 59.4 Å². The van der Waals surface area contributed by atoms with Crippen molar-refractivity contribution in [2.45, 2.75) is 24.9 Å². The fourth-order valence-electron chi connectivity index (χ4n) is 3.79. The Balaban J connectivity index is 2.12. The van der Waals surface area contributed by atoms with Gasteiger partial charge in [-0.1, -0.05) is 12.1 Å². The minimum absolute atomic E-state index is 0.369. The van der Waals surface area contributed by atoms with Crippen LogP contribution >= 0.6 is 0 Å². The van der Waals surface area contributed by atoms with Crippen LogP contribution in [0.3, 0.4) is 0 Å². The molecule has 0 aliphatic carbocycles. The minimum Gasteiger partial charge on any atom is -0.496 e. The summed E-state index contributed by atoms with van der Waals surface area (Å²) in [4.78, 5) is 15.7. The highest BCUT2D eigenvalue weighted by Gasteiger charge is 2.38. The van der Waals surface area contributed by atoms with Crippen LogP contribution in [0.4, 0.5) is 10.1 Å². The highest BCUT2D eigenvalue weighted by Crippen LogP contribution is 2.39. The molecule has 1 aliphatic rings. The molecule has 5 nitrogen and oxygen atoms in total. The van der Waals surface area contributed by atoms with E-state index in [4.69, 9.17) is 4.74 Å². The number of aliphatic carboxylic acids is 1. The van der Waals surface area contributed by atoms with E-state index in [0.717, 1.165) is 17.7 Å². The molecule has 2 aromatic carbocycles. The fraction of sp³-hybridized carbons (Fsp3) is 0.381. The lowest BCUT2D eigenvalue weighted by atomic mass is 9.95. The SMILES string of the molecule is COc1ccc(F)cc1C(c1ccc(N(C)C)cc1)N1CCCC1C(=O)O. The van der Waals surface area contributed by atoms with Crippen LogP contribution < -0.4 is 9.64 Å². The van der Waals surface area contributed by atoms with Gasteiger partial charge in [0, 0.05) is 31.9 Å². The van der Waals surface area contributed by atoms with Gasteiger partial charge in [-0.05, 0) is 48.7 Å². The van der Waals surface area contributed by atoms with E-state index in [-0.39, 0.29) is 5.82 Å². The maximum atomic E-state index is 14.1. The van der Waals surface area contributed by atoms with Gasteiger partial charge in [0.1, 0.15) is 17.6 Å². The van der Waals surface area contributed by atoms with Crippen LogP contribution in [0.25, 0.3) is 0 Å². The number of likely N-dealkylation sites (tertiary alicyclic amines) is 1. The van der Waals surface area contributed by atoms with E-state index in [1.165, 1.54) is 12.1 Å². The van der Waals surface area contributed by atoms with Gasteiger partial charge in [-0.2, -0.15) is 0 Å². The first-order valence-corrected chi connectivity index (χ1v) is 9.01. The van der Waals surface area contributed by atoms with Gasteiger partial charge in [0.2, 0.25) is 0 Å². The van der Waals surface area contributed by atoms with Gasteiger partial charge in [-0.25, -0.2) is 4.39 Å². The quantitative estimate of drug-likeness (QED) is 0.841. The summed E-state index contributed by atoms with van der Waals surface area (Å²) >= 11 is 0. The first kappa shape index (κ1) is 19.2. The number of hydrogen-bond acceptors (Lipinski definition) is 4. The van der Waals surface area contributed by atoms with Crippen LogP contribution in [0, 0.1) is 5.82 Å². The second-order valence-corrected chi connectivity index (χ2v) is 7.01. The number of carbonyl (C=O) groups is 1. The zero-order chi connectivity index (χ0) is 19.6. The highest BCUT2D eigenvalue weighted by molar-refractivity contribution is 5.74. The van der Waals surface area contributed by atoms with Crippen molar-refractivity contribution < 1.29 is 19.0 Å². The number of methoxy groups -OCH3 is 1. The molecule has 2 unspecified atom stereocenters. The summed E-state index contributed by atoms with van der Waals surface area (Å²) in [5.74, 6) is -0.668. The predicted octanol–water partition coefficient (Wildman–Crippen LogP) is 3.54. The maximum Gasteiger partial charge on any atom is 0.320 e. The monoisotopic (exact) mass is 372 g/mol. The molecule has 0 amide bonds. The number of anilines is 1. The molecule has 0 bridgehead atoms. The zero-order valence-corrected chi connectivity index (χ0v) is 15.9. The topological polar surface area (TPSA) is 53.0 Å². The molecule has 0 saturated carbocycles. The van der Waals surface area contributed by atoms with E-state index in [9.17, 15) is 14.3 Å². The summed E-state index contributed by atoms with van der Waals surface area (Å²) in [7, 11) is 5.47. The Morgan fingerprint density at radius 2 is 1.96 bits per heavy atom. The number of carboxylic acids is 1. The Hall–Kier alpha value is -2.60. The molecule has 144 valence electrons. The largest absolute Gasteiger partial charge is 0.496 e. The molecule has 1 N–H and O–H groups in total. The van der Waals surface area contributed by atoms with E-state index >= 15 is 0 Å². The smallest absolute Gasteiger partial charge is 0.320 e. The first-order valence-electron chi connectivity index (χ1n) is 9.01. The van der Waals surface area contributed by atoms with E-state index in [2.05, 4.69) is 0 Å². The molecule has 2 aromatic rings. The van der Waals surface area contributed by atoms with Gasteiger partial charge in [0.15, 0.2) is 0 Å². The molecular weight excluding hydrogens is 347 g/mol. The third-order valence-corrected chi connectivity index (χ3v) is 5.12. The molecule has 27 heavy (non-hydrogen) atoms. The average Bonchev–Trinajstić information content (AvgIpc) is 3.12. The summed E-state index contributed by atoms with van der Waals surface area (Å²) in [6.07, 6.45) is 1.38. The summed E-state index contributed by atoms with van der Waals surface area (Å²) in [6, 6.07) is 11.3. The van der Waals surface area contributed by atoms with E-state index in [0.29, 0.717) is 24.3 Å². The average molecular weight is 372 g/mol. The number of hydrogen-bond donors (Lipinski definition) is 1. The lowest BCUT2D eigenvalue weighted by Crippen LogP contribution is -2.39. The second-order valence-electron chi connectivity index (χ2n) is 7.01. The molecular formula is C21H25FN2O3. The number of nitrogens with zero attached hydrogens (tertiary/aromatic N) is 2. The molecule has 1 heterocycles. The lowest BCUT2D eigenvalue weighted by Gasteiger charge is -2.33. The van der Waals surface area contributed by atoms with Crippen molar-refractivity contribution in [3.8, 4) is 5.75 Å². The standard InChI is InChI=1S/C21H25FN2O3/c1-23(2)16-9-6-14(7-10-16)20(24-12-4-5-18(24)21(25)26)17-13-15(22)8-11-19(17)27-3/h6-11,13,18,20H,4-5,12H2,1-3H3,(H,25,26). The van der Waals surface area contributed by atoms with Gasteiger partial charge in [-0.3, -0.25) is 9.69 Å². The maximum absolute atomic E-state index is 14.1. The molecule has 0 aromatic heterocycles. The van der Waals surface area contributed by atoms with Crippen molar-refractivity contribution >= 4 is 11.7 Å². The van der Waals surface area contributed by atoms with Crippen molar-refractivity contribution in [1.29, 1.82) is 0 Å². The minimum atomic E-state index is -0.849. The fourth-order valence-corrected chi connectivity index (χ4v) is 3.79. The molecule has 6 heteroatoms. The number of carboxylic acid groups (broad SMARTS) is 1. The molecule has 2 atom stereocenters. The van der Waals surface area contributed by atoms with Crippen LogP contribution in [-0.2, 0) is 4.79 Å². The van der Waals surface area contributed by atoms with Crippen LogP contribution in [0.1, 0.15) is 30.0 Å². The van der Waals surface area contributed by atoms with Gasteiger partial charge in [0.25, 0.3) is 0 Å². The Bertz CT molecular complexity index is 808. The second kappa shape index (κ2) is 7.96. The number of rotatable bonds is 6. The van der Waals surface area contributed by atoms with Gasteiger partial charge >= 0.3 is 5.97 Å². The van der Waals surface area contributed by atoms with Crippen molar-refractivity contribution in [2.24, 2.45) is 0 Å². The van der Waals surface area contributed by atoms with E-state index in [1.54, 1.807) is 13.2 Å². The van der Waals surface area contributed by atoms with Crippen molar-refractivity contribution in [1.82, 2.24) is 4.90 Å². The normalized spacial score (nSPS) is 18.3. The summed E-state index contributed by atoms with van der Waals surface area (Å²) in [5, 5.41) is 9.67. The van der Waals surface area contributed by atoms with Crippen LogP contribution in [0.15, 0.2) is 42.5 Å². The Morgan fingerprint density at radius 1 is 1.26 bits per heavy atom. The molecule has 0 radical (unpaired) electrons. The van der Waals surface area contributed by atoms with Gasteiger partial charge in [0.05, 0.1) is 13.2 Å². The Morgan fingerprint density at radius 3 is 2.56 bits per heavy atom. The number of halogens is 1. The third-order valence-electron chi connectivity index (χ3n) is 5.12. The highest BCUT2D eigenvalue weighted by atomic mass is 19.1. The van der Waals surface area contributed by atoms with E-state index < -0.39 is 18.1 Å². The Kier molecular flexibility index (Phi) is 5.65. The Labute approximate surface area is 159 Å². The number of benzene rings is 2. The molecule has 0 spiro atoms. The lowest BCUT2D eigenvalue weighted by molar-refractivity contribution is -0.142. The van der Waals surface area contributed by atoms with Gasteiger partial charge in [-0.15, -0.1) is 0 Å². The molecule has 1 aliphatic heterocycles. The zero-order valence-electron chi connectivity index (χ0n) is 15.9.